The van der Waals surface area contributed by atoms with Crippen LogP contribution >= 0.6 is 11.3 Å². The van der Waals surface area contributed by atoms with Crippen LogP contribution in [0.25, 0.3) is 0 Å². The average molecular weight is 351 g/mol. The molecule has 1 fully saturated rings. The average Bonchev–Trinajstić information content (AvgIpc) is 3.14. The predicted octanol–water partition coefficient (Wildman–Crippen LogP) is 2.06. The molecule has 2 heterocycles. The second kappa shape index (κ2) is 6.38. The Kier molecular flexibility index (Phi) is 4.47. The van der Waals surface area contributed by atoms with E-state index in [1.807, 2.05) is 6.92 Å². The molecular formula is C15H17N3O3S2. The van der Waals surface area contributed by atoms with Gasteiger partial charge < -0.3 is 4.90 Å². The van der Waals surface area contributed by atoms with Gasteiger partial charge in [-0.25, -0.2) is 18.1 Å². The van der Waals surface area contributed by atoms with Crippen molar-refractivity contribution in [2.45, 2.75) is 31.2 Å². The molecule has 0 spiro atoms. The quantitative estimate of drug-likeness (QED) is 0.894. The first-order chi connectivity index (χ1) is 11.0. The molecule has 1 aliphatic heterocycles. The topological polar surface area (TPSA) is 79.4 Å². The van der Waals surface area contributed by atoms with Crippen LogP contribution in [-0.2, 0) is 21.4 Å². The third-order valence-electron chi connectivity index (χ3n) is 3.64. The van der Waals surface area contributed by atoms with E-state index >= 15 is 0 Å². The van der Waals surface area contributed by atoms with Gasteiger partial charge in [0.2, 0.25) is 15.9 Å². The Balaban J connectivity index is 1.71. The van der Waals surface area contributed by atoms with Crippen molar-refractivity contribution in [3.63, 3.8) is 0 Å². The number of rotatable bonds is 5. The lowest BCUT2D eigenvalue weighted by atomic mass is 10.3. The maximum Gasteiger partial charge on any atom is 0.240 e. The molecule has 0 saturated carbocycles. The van der Waals surface area contributed by atoms with Crippen LogP contribution in [-0.4, -0.2) is 25.9 Å². The number of carbonyl (C=O) groups excluding carboxylic acids is 1. The number of anilines is 1. The molecule has 1 saturated heterocycles. The first-order valence-corrected chi connectivity index (χ1v) is 9.57. The smallest absolute Gasteiger partial charge is 0.240 e. The number of carbonyl (C=O) groups is 1. The second-order valence-electron chi connectivity index (χ2n) is 5.31. The standard InChI is InChI=1S/C15H17N3O3S2/c1-11-16-9-13(22-11)10-17-23(20,21)14-6-4-12(5-7-14)18-8-2-3-15(18)19/h4-7,9,17H,2-3,8,10H2,1H3. The monoisotopic (exact) mass is 351 g/mol. The molecule has 0 bridgehead atoms. The Morgan fingerprint density at radius 1 is 1.30 bits per heavy atom. The predicted molar refractivity (Wildman–Crippen MR) is 88.9 cm³/mol. The van der Waals surface area contributed by atoms with E-state index in [0.717, 1.165) is 22.0 Å². The van der Waals surface area contributed by atoms with Gasteiger partial charge in [0.25, 0.3) is 0 Å². The fourth-order valence-corrected chi connectivity index (χ4v) is 4.30. The van der Waals surface area contributed by atoms with E-state index in [2.05, 4.69) is 9.71 Å². The molecule has 1 N–H and O–H groups in total. The minimum absolute atomic E-state index is 0.0827. The first kappa shape index (κ1) is 16.1. The molecule has 1 aromatic carbocycles. The van der Waals surface area contributed by atoms with Crippen molar-refractivity contribution in [1.29, 1.82) is 0 Å². The lowest BCUT2D eigenvalue weighted by molar-refractivity contribution is -0.117. The molecule has 1 amide bonds. The maximum absolute atomic E-state index is 12.3. The summed E-state index contributed by atoms with van der Waals surface area (Å²) in [6.45, 7) is 2.79. The number of hydrogen-bond acceptors (Lipinski definition) is 5. The number of nitrogens with one attached hydrogen (secondary N) is 1. The summed E-state index contributed by atoms with van der Waals surface area (Å²) in [5, 5.41) is 0.902. The fraction of sp³-hybridized carbons (Fsp3) is 0.333. The molecule has 2 aromatic rings. The summed E-state index contributed by atoms with van der Waals surface area (Å²) in [6.07, 6.45) is 3.06. The van der Waals surface area contributed by atoms with Gasteiger partial charge in [0.1, 0.15) is 0 Å². The summed E-state index contributed by atoms with van der Waals surface area (Å²) >= 11 is 1.46. The van der Waals surface area contributed by atoms with Crippen LogP contribution in [0.1, 0.15) is 22.7 Å². The lowest BCUT2D eigenvalue weighted by Crippen LogP contribution is -2.24. The van der Waals surface area contributed by atoms with Crippen LogP contribution in [0.15, 0.2) is 35.4 Å². The molecule has 1 aliphatic rings. The number of sulfonamides is 1. The molecule has 3 rings (SSSR count). The van der Waals surface area contributed by atoms with Gasteiger partial charge in [-0.2, -0.15) is 0 Å². The molecule has 0 aliphatic carbocycles. The minimum Gasteiger partial charge on any atom is -0.312 e. The zero-order valence-corrected chi connectivity index (χ0v) is 14.3. The van der Waals surface area contributed by atoms with E-state index in [-0.39, 0.29) is 17.3 Å². The van der Waals surface area contributed by atoms with Crippen molar-refractivity contribution >= 4 is 33.0 Å². The summed E-state index contributed by atoms with van der Waals surface area (Å²) in [6, 6.07) is 6.41. The van der Waals surface area contributed by atoms with Gasteiger partial charge in [0, 0.05) is 36.3 Å². The minimum atomic E-state index is -3.58. The number of benzene rings is 1. The van der Waals surface area contributed by atoms with Crippen LogP contribution in [0, 0.1) is 6.92 Å². The van der Waals surface area contributed by atoms with Gasteiger partial charge in [-0.3, -0.25) is 4.79 Å². The van der Waals surface area contributed by atoms with Gasteiger partial charge in [-0.05, 0) is 37.6 Å². The summed E-state index contributed by atoms with van der Waals surface area (Å²) in [4.78, 5) is 18.5. The summed E-state index contributed by atoms with van der Waals surface area (Å²) < 4.78 is 27.2. The molecule has 23 heavy (non-hydrogen) atoms. The molecule has 0 atom stereocenters. The van der Waals surface area contributed by atoms with Crippen LogP contribution < -0.4 is 9.62 Å². The molecule has 122 valence electrons. The van der Waals surface area contributed by atoms with Gasteiger partial charge in [0.15, 0.2) is 0 Å². The molecule has 0 unspecified atom stereocenters. The van der Waals surface area contributed by atoms with Crippen molar-refractivity contribution in [1.82, 2.24) is 9.71 Å². The number of hydrogen-bond donors (Lipinski definition) is 1. The molecule has 1 aromatic heterocycles. The number of aryl methyl sites for hydroxylation is 1. The SMILES string of the molecule is Cc1ncc(CNS(=O)(=O)c2ccc(N3CCCC3=O)cc2)s1. The highest BCUT2D eigenvalue weighted by Gasteiger charge is 2.22. The van der Waals surface area contributed by atoms with E-state index in [1.54, 1.807) is 23.2 Å². The van der Waals surface area contributed by atoms with Gasteiger partial charge in [-0.1, -0.05) is 0 Å². The van der Waals surface area contributed by atoms with Crippen molar-refractivity contribution in [2.75, 3.05) is 11.4 Å². The van der Waals surface area contributed by atoms with E-state index in [1.165, 1.54) is 23.5 Å². The summed E-state index contributed by atoms with van der Waals surface area (Å²) in [5.74, 6) is 0.0827. The third kappa shape index (κ3) is 3.60. The van der Waals surface area contributed by atoms with Crippen LogP contribution in [0.3, 0.4) is 0 Å². The summed E-state index contributed by atoms with van der Waals surface area (Å²) in [7, 11) is -3.58. The number of aromatic nitrogens is 1. The third-order valence-corrected chi connectivity index (χ3v) is 5.97. The van der Waals surface area contributed by atoms with E-state index in [0.29, 0.717) is 13.0 Å². The fourth-order valence-electron chi connectivity index (χ4n) is 2.46. The van der Waals surface area contributed by atoms with E-state index in [9.17, 15) is 13.2 Å². The Labute approximate surface area is 139 Å². The van der Waals surface area contributed by atoms with Crippen molar-refractivity contribution in [2.24, 2.45) is 0 Å². The van der Waals surface area contributed by atoms with Crippen LogP contribution in [0.4, 0.5) is 5.69 Å². The number of thiazole rings is 1. The highest BCUT2D eigenvalue weighted by atomic mass is 32.2. The van der Waals surface area contributed by atoms with Crippen molar-refractivity contribution < 1.29 is 13.2 Å². The molecule has 0 radical (unpaired) electrons. The zero-order chi connectivity index (χ0) is 16.4. The van der Waals surface area contributed by atoms with E-state index < -0.39 is 10.0 Å². The largest absolute Gasteiger partial charge is 0.312 e. The number of amides is 1. The highest BCUT2D eigenvalue weighted by Crippen LogP contribution is 2.23. The Hall–Kier alpha value is -1.77. The molecule has 6 nitrogen and oxygen atoms in total. The normalized spacial score (nSPS) is 15.3. The van der Waals surface area contributed by atoms with Gasteiger partial charge >= 0.3 is 0 Å². The Bertz CT molecular complexity index is 813. The van der Waals surface area contributed by atoms with Crippen molar-refractivity contribution in [3.8, 4) is 0 Å². The maximum atomic E-state index is 12.3. The molecular weight excluding hydrogens is 334 g/mol. The zero-order valence-electron chi connectivity index (χ0n) is 12.7. The highest BCUT2D eigenvalue weighted by molar-refractivity contribution is 7.89. The van der Waals surface area contributed by atoms with Gasteiger partial charge in [-0.15, -0.1) is 11.3 Å². The van der Waals surface area contributed by atoms with E-state index in [4.69, 9.17) is 0 Å². The van der Waals surface area contributed by atoms with Gasteiger partial charge in [0.05, 0.1) is 9.90 Å². The Morgan fingerprint density at radius 2 is 2.04 bits per heavy atom. The second-order valence-corrected chi connectivity index (χ2v) is 8.40. The van der Waals surface area contributed by atoms with Crippen molar-refractivity contribution in [3.05, 3.63) is 40.3 Å². The first-order valence-electron chi connectivity index (χ1n) is 7.27. The Morgan fingerprint density at radius 3 is 2.61 bits per heavy atom. The number of nitrogens with zero attached hydrogens (tertiary/aromatic N) is 2. The lowest BCUT2D eigenvalue weighted by Gasteiger charge is -2.16. The van der Waals surface area contributed by atoms with Crippen LogP contribution in [0.2, 0.25) is 0 Å². The van der Waals surface area contributed by atoms with Crippen LogP contribution in [0.5, 0.6) is 0 Å². The summed E-state index contributed by atoms with van der Waals surface area (Å²) in [5.41, 5.74) is 0.740. The molecule has 8 heteroatoms.